The van der Waals surface area contributed by atoms with Crippen molar-refractivity contribution >= 4 is 40.1 Å². The Hall–Kier alpha value is -2.60. The largest absolute Gasteiger partial charge is 0.443 e. The number of benzene rings is 1. The van der Waals surface area contributed by atoms with Gasteiger partial charge in [0.15, 0.2) is 0 Å². The van der Waals surface area contributed by atoms with Gasteiger partial charge in [-0.25, -0.2) is 9.97 Å². The van der Waals surface area contributed by atoms with Crippen molar-refractivity contribution in [2.45, 2.75) is 33.6 Å². The number of rotatable bonds is 3. The SMILES string of the molecule is Cc1oc2ncnc(N3CCC[C@@H](C(=O)Nc4cccc(Cl)c4C)C3)c2c1C. The summed E-state index contributed by atoms with van der Waals surface area (Å²) in [5.41, 5.74) is 3.29. The number of carbonyl (C=O) groups excluding carboxylic acids is 1. The number of piperidine rings is 1. The monoisotopic (exact) mass is 398 g/mol. The van der Waals surface area contributed by atoms with E-state index in [4.69, 9.17) is 16.0 Å². The number of amides is 1. The van der Waals surface area contributed by atoms with Crippen LogP contribution in [0.5, 0.6) is 0 Å². The van der Waals surface area contributed by atoms with Gasteiger partial charge in [-0.15, -0.1) is 0 Å². The smallest absolute Gasteiger partial charge is 0.231 e. The number of aryl methyl sites for hydroxylation is 2. The van der Waals surface area contributed by atoms with Crippen LogP contribution in [0, 0.1) is 26.7 Å². The van der Waals surface area contributed by atoms with E-state index in [-0.39, 0.29) is 11.8 Å². The lowest BCUT2D eigenvalue weighted by molar-refractivity contribution is -0.120. The molecule has 1 aliphatic heterocycles. The highest BCUT2D eigenvalue weighted by atomic mass is 35.5. The molecule has 4 rings (SSSR count). The number of hydrogen-bond donors (Lipinski definition) is 1. The van der Waals surface area contributed by atoms with E-state index in [0.29, 0.717) is 17.3 Å². The lowest BCUT2D eigenvalue weighted by atomic mass is 9.96. The maximum Gasteiger partial charge on any atom is 0.231 e. The van der Waals surface area contributed by atoms with Gasteiger partial charge in [0.25, 0.3) is 0 Å². The predicted octanol–water partition coefficient (Wildman–Crippen LogP) is 4.66. The normalized spacial score (nSPS) is 17.1. The van der Waals surface area contributed by atoms with Gasteiger partial charge in [0.2, 0.25) is 11.6 Å². The van der Waals surface area contributed by atoms with Crippen molar-refractivity contribution in [1.82, 2.24) is 9.97 Å². The lowest BCUT2D eigenvalue weighted by Gasteiger charge is -2.33. The average Bonchev–Trinajstić information content (AvgIpc) is 2.99. The molecule has 28 heavy (non-hydrogen) atoms. The molecule has 0 bridgehead atoms. The number of furan rings is 1. The standard InChI is InChI=1S/C21H23ClN4O2/c1-12-14(3)28-21-18(12)19(23-11-24-21)26-9-5-6-15(10-26)20(27)25-17-8-4-7-16(22)13(17)2/h4,7-8,11,15H,5-6,9-10H2,1-3H3,(H,25,27)/t15-/m1/s1. The summed E-state index contributed by atoms with van der Waals surface area (Å²) in [4.78, 5) is 23.8. The van der Waals surface area contributed by atoms with Crippen LogP contribution in [0.3, 0.4) is 0 Å². The number of anilines is 2. The summed E-state index contributed by atoms with van der Waals surface area (Å²) in [5, 5.41) is 4.63. The minimum Gasteiger partial charge on any atom is -0.443 e. The molecule has 1 aliphatic rings. The van der Waals surface area contributed by atoms with Crippen LogP contribution >= 0.6 is 11.6 Å². The van der Waals surface area contributed by atoms with Crippen LogP contribution in [0.1, 0.15) is 29.7 Å². The molecular formula is C21H23ClN4O2. The number of carbonyl (C=O) groups is 1. The van der Waals surface area contributed by atoms with E-state index in [1.165, 1.54) is 6.33 Å². The van der Waals surface area contributed by atoms with E-state index in [2.05, 4.69) is 20.2 Å². The van der Waals surface area contributed by atoms with E-state index >= 15 is 0 Å². The summed E-state index contributed by atoms with van der Waals surface area (Å²) in [6.07, 6.45) is 3.30. The summed E-state index contributed by atoms with van der Waals surface area (Å²) in [5.74, 6) is 1.58. The Kier molecular flexibility index (Phi) is 4.98. The molecule has 0 radical (unpaired) electrons. The minimum atomic E-state index is -0.120. The second kappa shape index (κ2) is 7.43. The van der Waals surface area contributed by atoms with Crippen molar-refractivity contribution in [3.05, 3.63) is 46.4 Å². The Bertz CT molecular complexity index is 1050. The van der Waals surface area contributed by atoms with Crippen LogP contribution in [0.4, 0.5) is 11.5 Å². The molecule has 3 aromatic rings. The summed E-state index contributed by atoms with van der Waals surface area (Å²) in [6, 6.07) is 5.55. The molecule has 3 heterocycles. The van der Waals surface area contributed by atoms with Gasteiger partial charge >= 0.3 is 0 Å². The molecule has 2 aromatic heterocycles. The molecule has 1 amide bonds. The van der Waals surface area contributed by atoms with Crippen LogP contribution in [-0.2, 0) is 4.79 Å². The number of hydrogen-bond acceptors (Lipinski definition) is 5. The molecule has 0 spiro atoms. The summed E-state index contributed by atoms with van der Waals surface area (Å²) in [6.45, 7) is 7.33. The van der Waals surface area contributed by atoms with Crippen LogP contribution in [0.15, 0.2) is 28.9 Å². The molecule has 0 unspecified atom stereocenters. The van der Waals surface area contributed by atoms with Gasteiger partial charge in [-0.1, -0.05) is 17.7 Å². The van der Waals surface area contributed by atoms with E-state index in [0.717, 1.165) is 53.2 Å². The van der Waals surface area contributed by atoms with Gasteiger partial charge in [-0.2, -0.15) is 0 Å². The van der Waals surface area contributed by atoms with E-state index in [1.807, 2.05) is 39.0 Å². The zero-order valence-corrected chi connectivity index (χ0v) is 17.0. The highest BCUT2D eigenvalue weighted by Gasteiger charge is 2.29. The third kappa shape index (κ3) is 3.33. The van der Waals surface area contributed by atoms with Crippen molar-refractivity contribution in [3.63, 3.8) is 0 Å². The van der Waals surface area contributed by atoms with Gasteiger partial charge in [0.1, 0.15) is 17.9 Å². The maximum atomic E-state index is 12.9. The van der Waals surface area contributed by atoms with Crippen molar-refractivity contribution in [1.29, 1.82) is 0 Å². The van der Waals surface area contributed by atoms with Crippen molar-refractivity contribution in [3.8, 4) is 0 Å². The molecule has 1 N–H and O–H groups in total. The fraction of sp³-hybridized carbons (Fsp3) is 0.381. The zero-order chi connectivity index (χ0) is 19.8. The number of nitrogens with one attached hydrogen (secondary N) is 1. The quantitative estimate of drug-likeness (QED) is 0.694. The van der Waals surface area contributed by atoms with Crippen molar-refractivity contribution in [2.24, 2.45) is 5.92 Å². The number of aromatic nitrogens is 2. The fourth-order valence-electron chi connectivity index (χ4n) is 3.76. The van der Waals surface area contributed by atoms with Gasteiger partial charge in [-0.05, 0) is 51.3 Å². The summed E-state index contributed by atoms with van der Waals surface area (Å²) >= 11 is 6.18. The maximum absolute atomic E-state index is 12.9. The Labute approximate surface area is 168 Å². The Balaban J connectivity index is 1.57. The molecule has 1 saturated heterocycles. The Morgan fingerprint density at radius 1 is 1.25 bits per heavy atom. The highest BCUT2D eigenvalue weighted by molar-refractivity contribution is 6.31. The number of nitrogens with zero attached hydrogens (tertiary/aromatic N) is 3. The van der Waals surface area contributed by atoms with Crippen molar-refractivity contribution in [2.75, 3.05) is 23.3 Å². The average molecular weight is 399 g/mol. The highest BCUT2D eigenvalue weighted by Crippen LogP contribution is 2.33. The molecule has 1 atom stereocenters. The Morgan fingerprint density at radius 3 is 2.89 bits per heavy atom. The van der Waals surface area contributed by atoms with E-state index < -0.39 is 0 Å². The third-order valence-electron chi connectivity index (χ3n) is 5.56. The van der Waals surface area contributed by atoms with Crippen LogP contribution < -0.4 is 10.2 Å². The molecule has 1 fully saturated rings. The van der Waals surface area contributed by atoms with E-state index in [1.54, 1.807) is 0 Å². The van der Waals surface area contributed by atoms with Gasteiger partial charge < -0.3 is 14.6 Å². The fourth-order valence-corrected chi connectivity index (χ4v) is 3.94. The molecule has 1 aromatic carbocycles. The third-order valence-corrected chi connectivity index (χ3v) is 5.97. The molecule has 6 nitrogen and oxygen atoms in total. The first-order chi connectivity index (χ1) is 13.5. The Morgan fingerprint density at radius 2 is 2.07 bits per heavy atom. The van der Waals surface area contributed by atoms with Gasteiger partial charge in [-0.3, -0.25) is 4.79 Å². The molecular weight excluding hydrogens is 376 g/mol. The van der Waals surface area contributed by atoms with Gasteiger partial charge in [0.05, 0.1) is 11.3 Å². The summed E-state index contributed by atoms with van der Waals surface area (Å²) < 4.78 is 5.74. The molecule has 0 aliphatic carbocycles. The second-order valence-corrected chi connectivity index (χ2v) is 7.75. The first kappa shape index (κ1) is 18.7. The molecule has 7 heteroatoms. The zero-order valence-electron chi connectivity index (χ0n) is 16.3. The van der Waals surface area contributed by atoms with Crippen LogP contribution in [0.25, 0.3) is 11.1 Å². The molecule has 0 saturated carbocycles. The minimum absolute atomic E-state index is 0.0143. The summed E-state index contributed by atoms with van der Waals surface area (Å²) in [7, 11) is 0. The predicted molar refractivity (Wildman–Crippen MR) is 111 cm³/mol. The van der Waals surface area contributed by atoms with Crippen LogP contribution in [0.2, 0.25) is 5.02 Å². The lowest BCUT2D eigenvalue weighted by Crippen LogP contribution is -2.41. The van der Waals surface area contributed by atoms with E-state index in [9.17, 15) is 4.79 Å². The first-order valence-electron chi connectivity index (χ1n) is 9.47. The van der Waals surface area contributed by atoms with Gasteiger partial charge in [0, 0.05) is 29.4 Å². The number of halogens is 1. The van der Waals surface area contributed by atoms with Crippen LogP contribution in [-0.4, -0.2) is 29.0 Å². The first-order valence-corrected chi connectivity index (χ1v) is 9.85. The topological polar surface area (TPSA) is 71.3 Å². The van der Waals surface area contributed by atoms with Crippen molar-refractivity contribution < 1.29 is 9.21 Å². The molecule has 146 valence electrons. The number of fused-ring (bicyclic) bond motifs is 1. The second-order valence-electron chi connectivity index (χ2n) is 7.35.